The zero-order valence-electron chi connectivity index (χ0n) is 13.6. The number of hydrogen-bond acceptors (Lipinski definition) is 6. The summed E-state index contributed by atoms with van der Waals surface area (Å²) >= 11 is 9.65. The van der Waals surface area contributed by atoms with Gasteiger partial charge in [0.15, 0.2) is 3.95 Å². The van der Waals surface area contributed by atoms with E-state index in [4.69, 9.17) is 17.3 Å². The zero-order valence-corrected chi connectivity index (χ0v) is 16.8. The zero-order chi connectivity index (χ0) is 19.7. The monoisotopic (exact) mass is 469 g/mol. The van der Waals surface area contributed by atoms with Crippen LogP contribution in [0.3, 0.4) is 0 Å². The lowest BCUT2D eigenvalue weighted by Crippen LogP contribution is -2.29. The molecule has 0 fully saturated rings. The molecule has 0 spiro atoms. The quantitative estimate of drug-likeness (QED) is 0.535. The Morgan fingerprint density at radius 3 is 2.81 bits per heavy atom. The number of carbonyl (C=O) groups excluding carboxylic acids is 2. The number of aliphatic carboxylic acids is 1. The van der Waals surface area contributed by atoms with Gasteiger partial charge >= 0.3 is 5.97 Å². The van der Waals surface area contributed by atoms with E-state index in [0.29, 0.717) is 10.6 Å². The number of nitrogens with one attached hydrogen (secondary N) is 1. The van der Waals surface area contributed by atoms with Crippen LogP contribution in [-0.2, 0) is 20.9 Å². The molecule has 3 rings (SSSR count). The molecule has 0 radical (unpaired) electrons. The van der Waals surface area contributed by atoms with Gasteiger partial charge < -0.3 is 15.5 Å². The van der Waals surface area contributed by atoms with E-state index in [9.17, 15) is 19.5 Å². The highest BCUT2D eigenvalue weighted by atomic mass is 79.9. The van der Waals surface area contributed by atoms with Crippen molar-refractivity contribution in [3.8, 4) is 5.88 Å². The van der Waals surface area contributed by atoms with Crippen LogP contribution in [-0.4, -0.2) is 39.1 Å². The molecule has 0 aliphatic carbocycles. The average molecular weight is 470 g/mol. The lowest BCUT2D eigenvalue weighted by Gasteiger charge is -2.06. The molecular formula is C16H12BrN3O5S2. The molecule has 3 N–H and O–H groups in total. The Balaban J connectivity index is 1.93. The maximum absolute atomic E-state index is 12.3. The van der Waals surface area contributed by atoms with Gasteiger partial charge in [-0.15, -0.1) is 11.3 Å². The van der Waals surface area contributed by atoms with Gasteiger partial charge in [-0.1, -0.05) is 15.9 Å². The molecular weight excluding hydrogens is 458 g/mol. The first kappa shape index (κ1) is 19.4. The molecule has 11 heteroatoms. The third kappa shape index (κ3) is 3.99. The summed E-state index contributed by atoms with van der Waals surface area (Å²) in [6, 6.07) is 5.20. The number of hydrogen-bond donors (Lipinski definition) is 3. The highest BCUT2D eigenvalue weighted by Crippen LogP contribution is 2.32. The molecule has 2 aromatic rings. The number of fused-ring (bicyclic) bond motifs is 1. The van der Waals surface area contributed by atoms with Crippen molar-refractivity contribution in [1.29, 1.82) is 0 Å². The first-order valence-corrected chi connectivity index (χ1v) is 9.64. The number of nitrogens with zero attached hydrogens (tertiary/aromatic N) is 2. The minimum atomic E-state index is -1.15. The molecule has 0 saturated heterocycles. The number of halogens is 1. The lowest BCUT2D eigenvalue weighted by molar-refractivity contribution is -0.138. The van der Waals surface area contributed by atoms with Crippen LogP contribution in [0.1, 0.15) is 11.3 Å². The lowest BCUT2D eigenvalue weighted by atomic mass is 10.1. The minimum Gasteiger partial charge on any atom is -0.493 e. The molecule has 0 unspecified atom stereocenters. The summed E-state index contributed by atoms with van der Waals surface area (Å²) in [5.74, 6) is -2.32. The number of rotatable bonds is 6. The van der Waals surface area contributed by atoms with Gasteiger partial charge in [-0.05, 0) is 30.4 Å². The Labute approximate surface area is 169 Å². The highest BCUT2D eigenvalue weighted by molar-refractivity contribution is 9.10. The second-order valence-electron chi connectivity index (χ2n) is 5.55. The summed E-state index contributed by atoms with van der Waals surface area (Å²) < 4.78 is 2.39. The maximum atomic E-state index is 12.3. The average Bonchev–Trinajstić information content (AvgIpc) is 3.06. The molecule has 1 aliphatic heterocycles. The Bertz CT molecular complexity index is 1150. The Morgan fingerprint density at radius 2 is 2.11 bits per heavy atom. The van der Waals surface area contributed by atoms with Gasteiger partial charge in [0.2, 0.25) is 11.8 Å². The van der Waals surface area contributed by atoms with E-state index in [1.165, 1.54) is 4.57 Å². The fraction of sp³-hybridized carbons (Fsp3) is 0.188. The Kier molecular flexibility index (Phi) is 5.53. The number of benzene rings is 1. The second kappa shape index (κ2) is 7.71. The summed E-state index contributed by atoms with van der Waals surface area (Å²) in [4.78, 5) is 38.8. The number of aromatic hydroxyl groups is 1. The van der Waals surface area contributed by atoms with Gasteiger partial charge in [0.05, 0.1) is 10.9 Å². The Morgan fingerprint density at radius 1 is 1.37 bits per heavy atom. The van der Waals surface area contributed by atoms with E-state index in [-0.39, 0.29) is 33.3 Å². The van der Waals surface area contributed by atoms with E-state index < -0.39 is 24.3 Å². The smallest absolute Gasteiger partial charge is 0.322 e. The summed E-state index contributed by atoms with van der Waals surface area (Å²) in [6.45, 7) is -0.429. The molecule has 1 aliphatic rings. The van der Waals surface area contributed by atoms with E-state index >= 15 is 0 Å². The van der Waals surface area contributed by atoms with Crippen molar-refractivity contribution in [3.63, 3.8) is 0 Å². The van der Waals surface area contributed by atoms with Crippen LogP contribution < -0.4 is 15.9 Å². The summed E-state index contributed by atoms with van der Waals surface area (Å²) in [5.41, 5.74) is 0.258. The summed E-state index contributed by atoms with van der Waals surface area (Å²) in [7, 11) is 0. The van der Waals surface area contributed by atoms with Gasteiger partial charge in [-0.25, -0.2) is 4.99 Å². The number of carbonyl (C=O) groups is 3. The fourth-order valence-electron chi connectivity index (χ4n) is 2.54. The van der Waals surface area contributed by atoms with Crippen LogP contribution in [0.2, 0.25) is 0 Å². The fourth-order valence-corrected chi connectivity index (χ4v) is 4.29. The van der Waals surface area contributed by atoms with Gasteiger partial charge in [0, 0.05) is 22.7 Å². The van der Waals surface area contributed by atoms with Gasteiger partial charge in [-0.3, -0.25) is 19.0 Å². The third-order valence-corrected chi connectivity index (χ3v) is 5.71. The van der Waals surface area contributed by atoms with Crippen molar-refractivity contribution >= 4 is 62.8 Å². The molecule has 27 heavy (non-hydrogen) atoms. The van der Waals surface area contributed by atoms with Crippen molar-refractivity contribution in [1.82, 2.24) is 9.88 Å². The number of aromatic nitrogens is 1. The van der Waals surface area contributed by atoms with E-state index in [1.54, 1.807) is 18.2 Å². The topological polar surface area (TPSA) is 121 Å². The third-order valence-electron chi connectivity index (χ3n) is 3.76. The van der Waals surface area contributed by atoms with Crippen molar-refractivity contribution in [3.05, 3.63) is 42.1 Å². The van der Waals surface area contributed by atoms with E-state index in [1.807, 2.05) is 0 Å². The molecule has 2 heterocycles. The van der Waals surface area contributed by atoms with E-state index in [2.05, 4.69) is 26.2 Å². The molecule has 140 valence electrons. The number of amides is 2. The first-order chi connectivity index (χ1) is 12.8. The summed E-state index contributed by atoms with van der Waals surface area (Å²) in [5, 5.41) is 22.5. The van der Waals surface area contributed by atoms with Gasteiger partial charge in [0.1, 0.15) is 11.4 Å². The standard InChI is InChI=1S/C16H12BrN3O5S2/c17-7-1-2-9-8(5-7)12(14(24)19-9)13-15(25)20(16(26)27-13)4-3-10(21)18-6-11(22)23/h1-2,5,25H,3-4,6H2,(H,18,21)(H,22,23). The highest BCUT2D eigenvalue weighted by Gasteiger charge is 2.25. The predicted molar refractivity (Wildman–Crippen MR) is 103 cm³/mol. The van der Waals surface area contributed by atoms with Gasteiger partial charge in [0.25, 0.3) is 5.91 Å². The second-order valence-corrected chi connectivity index (χ2v) is 8.11. The SMILES string of the molecule is O=C(O)CNC(=O)CCn1c(O)c(C2=c3cc(Br)ccc3=NC2=O)sc1=S. The van der Waals surface area contributed by atoms with Crippen LogP contribution in [0.5, 0.6) is 5.88 Å². The molecule has 1 aromatic carbocycles. The summed E-state index contributed by atoms with van der Waals surface area (Å²) in [6.07, 6.45) is -0.0683. The number of carboxylic acid groups (broad SMARTS) is 1. The van der Waals surface area contributed by atoms with Crippen LogP contribution in [0.25, 0.3) is 5.57 Å². The van der Waals surface area contributed by atoms with Crippen molar-refractivity contribution in [2.45, 2.75) is 13.0 Å². The van der Waals surface area contributed by atoms with Crippen molar-refractivity contribution in [2.24, 2.45) is 4.99 Å². The molecule has 0 atom stereocenters. The maximum Gasteiger partial charge on any atom is 0.322 e. The first-order valence-electron chi connectivity index (χ1n) is 7.62. The Hall–Kier alpha value is -2.37. The van der Waals surface area contributed by atoms with Crippen LogP contribution in [0.15, 0.2) is 27.7 Å². The van der Waals surface area contributed by atoms with Crippen molar-refractivity contribution < 1.29 is 24.6 Å². The van der Waals surface area contributed by atoms with Crippen LogP contribution in [0, 0.1) is 3.95 Å². The molecule has 2 amide bonds. The van der Waals surface area contributed by atoms with Gasteiger partial charge in [-0.2, -0.15) is 0 Å². The number of carboxylic acids is 1. The van der Waals surface area contributed by atoms with Crippen LogP contribution in [0.4, 0.5) is 0 Å². The van der Waals surface area contributed by atoms with Crippen molar-refractivity contribution in [2.75, 3.05) is 6.54 Å². The molecule has 1 aromatic heterocycles. The minimum absolute atomic E-state index is 0.0522. The number of thiazole rings is 1. The molecule has 0 saturated carbocycles. The molecule has 0 bridgehead atoms. The predicted octanol–water partition coefficient (Wildman–Crippen LogP) is 0.697. The largest absolute Gasteiger partial charge is 0.493 e. The normalized spacial score (nSPS) is 12.6. The van der Waals surface area contributed by atoms with E-state index in [0.717, 1.165) is 15.8 Å². The van der Waals surface area contributed by atoms with Crippen LogP contribution >= 0.6 is 39.5 Å². The molecule has 8 nitrogen and oxygen atoms in total.